The molecule has 2 aromatic rings. The topological polar surface area (TPSA) is 69.8 Å². The van der Waals surface area contributed by atoms with Crippen LogP contribution in [0.4, 0.5) is 11.4 Å². The van der Waals surface area contributed by atoms with E-state index in [2.05, 4.69) is 20.8 Å². The van der Waals surface area contributed by atoms with Gasteiger partial charge in [-0.25, -0.2) is 0 Å². The highest BCUT2D eigenvalue weighted by Gasteiger charge is 2.20. The van der Waals surface area contributed by atoms with Gasteiger partial charge in [-0.1, -0.05) is 11.6 Å². The van der Waals surface area contributed by atoms with Crippen molar-refractivity contribution >= 4 is 28.9 Å². The van der Waals surface area contributed by atoms with Gasteiger partial charge >= 0.3 is 0 Å². The van der Waals surface area contributed by atoms with E-state index in [1.807, 2.05) is 19.1 Å². The SMILES string of the molecule is CC(Nc1cc2c(cc1Cl)NC(=O)C2)c1ccn[nH]1. The molecule has 6 heteroatoms. The molecule has 0 spiro atoms. The quantitative estimate of drug-likeness (QED) is 0.807. The molecule has 0 saturated carbocycles. The molecule has 1 unspecified atom stereocenters. The zero-order valence-corrected chi connectivity index (χ0v) is 11.1. The van der Waals surface area contributed by atoms with Gasteiger partial charge in [-0.05, 0) is 30.7 Å². The molecule has 3 rings (SSSR count). The second kappa shape index (κ2) is 4.59. The van der Waals surface area contributed by atoms with E-state index >= 15 is 0 Å². The molecule has 1 atom stereocenters. The number of hydrogen-bond donors (Lipinski definition) is 3. The highest BCUT2D eigenvalue weighted by molar-refractivity contribution is 6.33. The number of carbonyl (C=O) groups is 1. The molecule has 0 aliphatic carbocycles. The molecule has 3 N–H and O–H groups in total. The minimum Gasteiger partial charge on any atom is -0.376 e. The fourth-order valence-electron chi connectivity index (χ4n) is 2.18. The number of rotatable bonds is 3. The van der Waals surface area contributed by atoms with Crippen LogP contribution in [-0.2, 0) is 11.2 Å². The minimum atomic E-state index is 0.00448. The lowest BCUT2D eigenvalue weighted by atomic mass is 10.1. The van der Waals surface area contributed by atoms with Crippen molar-refractivity contribution < 1.29 is 4.79 Å². The Morgan fingerprint density at radius 1 is 1.47 bits per heavy atom. The third kappa shape index (κ3) is 2.29. The van der Waals surface area contributed by atoms with E-state index in [-0.39, 0.29) is 11.9 Å². The van der Waals surface area contributed by atoms with Crippen molar-refractivity contribution in [3.63, 3.8) is 0 Å². The van der Waals surface area contributed by atoms with Crippen molar-refractivity contribution in [2.75, 3.05) is 10.6 Å². The number of hydrogen-bond acceptors (Lipinski definition) is 3. The Morgan fingerprint density at radius 3 is 3.05 bits per heavy atom. The van der Waals surface area contributed by atoms with Crippen LogP contribution in [0.1, 0.15) is 24.2 Å². The number of nitrogens with zero attached hydrogens (tertiary/aromatic N) is 1. The summed E-state index contributed by atoms with van der Waals surface area (Å²) in [5, 5.41) is 13.5. The first-order chi connectivity index (χ1) is 9.13. The number of H-pyrrole nitrogens is 1. The zero-order valence-electron chi connectivity index (χ0n) is 10.3. The Balaban J connectivity index is 1.86. The molecule has 5 nitrogen and oxygen atoms in total. The van der Waals surface area contributed by atoms with E-state index in [0.717, 1.165) is 22.6 Å². The summed E-state index contributed by atoms with van der Waals surface area (Å²) < 4.78 is 0. The predicted molar refractivity (Wildman–Crippen MR) is 74.4 cm³/mol. The summed E-state index contributed by atoms with van der Waals surface area (Å²) in [7, 11) is 0. The van der Waals surface area contributed by atoms with Crippen LogP contribution in [0.2, 0.25) is 5.02 Å². The van der Waals surface area contributed by atoms with Gasteiger partial charge in [-0.2, -0.15) is 5.10 Å². The average molecular weight is 277 g/mol. The van der Waals surface area contributed by atoms with Crippen LogP contribution in [0.15, 0.2) is 24.4 Å². The van der Waals surface area contributed by atoms with E-state index in [0.29, 0.717) is 11.4 Å². The first-order valence-electron chi connectivity index (χ1n) is 6.01. The normalized spacial score (nSPS) is 14.9. The first kappa shape index (κ1) is 12.0. The smallest absolute Gasteiger partial charge is 0.228 e. The number of halogens is 1. The van der Waals surface area contributed by atoms with Gasteiger partial charge in [0.2, 0.25) is 5.91 Å². The summed E-state index contributed by atoms with van der Waals surface area (Å²) in [6.45, 7) is 2.01. The zero-order chi connectivity index (χ0) is 13.4. The van der Waals surface area contributed by atoms with Crippen molar-refractivity contribution in [1.82, 2.24) is 10.2 Å². The predicted octanol–water partition coefficient (Wildman–Crippen LogP) is 2.73. The van der Waals surface area contributed by atoms with Crippen molar-refractivity contribution in [2.45, 2.75) is 19.4 Å². The Labute approximate surface area is 115 Å². The van der Waals surface area contributed by atoms with E-state index in [1.165, 1.54) is 0 Å². The second-order valence-corrected chi connectivity index (χ2v) is 5.00. The molecular formula is C13H13ClN4O. The Kier molecular flexibility index (Phi) is 2.91. The van der Waals surface area contributed by atoms with E-state index in [1.54, 1.807) is 12.3 Å². The number of nitrogens with one attached hydrogen (secondary N) is 3. The number of aromatic nitrogens is 2. The lowest BCUT2D eigenvalue weighted by Gasteiger charge is -2.16. The maximum absolute atomic E-state index is 11.3. The standard InChI is InChI=1S/C13H13ClN4O/c1-7(10-2-3-15-18-10)16-12-4-8-5-13(19)17-11(8)6-9(12)14/h2-4,6-7,16H,5H2,1H3,(H,15,18)(H,17,19). The van der Waals surface area contributed by atoms with Gasteiger partial charge < -0.3 is 10.6 Å². The van der Waals surface area contributed by atoms with Crippen LogP contribution < -0.4 is 10.6 Å². The highest BCUT2D eigenvalue weighted by atomic mass is 35.5. The lowest BCUT2D eigenvalue weighted by molar-refractivity contribution is -0.115. The van der Waals surface area contributed by atoms with Gasteiger partial charge in [0.15, 0.2) is 0 Å². The van der Waals surface area contributed by atoms with E-state index in [9.17, 15) is 4.79 Å². The number of aromatic amines is 1. The summed E-state index contributed by atoms with van der Waals surface area (Å²) in [4.78, 5) is 11.3. The Morgan fingerprint density at radius 2 is 2.32 bits per heavy atom. The molecule has 0 saturated heterocycles. The molecule has 0 radical (unpaired) electrons. The number of amides is 1. The van der Waals surface area contributed by atoms with Gasteiger partial charge in [0.05, 0.1) is 28.9 Å². The van der Waals surface area contributed by atoms with Crippen LogP contribution >= 0.6 is 11.6 Å². The Hall–Kier alpha value is -2.01. The van der Waals surface area contributed by atoms with Gasteiger partial charge in [0, 0.05) is 11.9 Å². The summed E-state index contributed by atoms with van der Waals surface area (Å²) >= 11 is 6.22. The molecule has 1 aliphatic rings. The highest BCUT2D eigenvalue weighted by Crippen LogP contribution is 2.34. The van der Waals surface area contributed by atoms with Crippen LogP contribution in [0.25, 0.3) is 0 Å². The number of fused-ring (bicyclic) bond motifs is 1. The molecule has 2 heterocycles. The second-order valence-electron chi connectivity index (χ2n) is 4.59. The first-order valence-corrected chi connectivity index (χ1v) is 6.39. The fourth-order valence-corrected chi connectivity index (χ4v) is 2.40. The van der Waals surface area contributed by atoms with Crippen LogP contribution in [-0.4, -0.2) is 16.1 Å². The molecule has 1 amide bonds. The van der Waals surface area contributed by atoms with Gasteiger partial charge in [0.25, 0.3) is 0 Å². The number of benzene rings is 1. The van der Waals surface area contributed by atoms with Crippen LogP contribution in [0, 0.1) is 0 Å². The molecule has 19 heavy (non-hydrogen) atoms. The Bertz CT molecular complexity index is 624. The average Bonchev–Trinajstić information content (AvgIpc) is 2.97. The van der Waals surface area contributed by atoms with Gasteiger partial charge in [-0.3, -0.25) is 9.89 Å². The fraction of sp³-hybridized carbons (Fsp3) is 0.231. The number of carbonyl (C=O) groups excluding carboxylic acids is 1. The maximum Gasteiger partial charge on any atom is 0.228 e. The molecular weight excluding hydrogens is 264 g/mol. The maximum atomic E-state index is 11.3. The van der Waals surface area contributed by atoms with Gasteiger partial charge in [-0.15, -0.1) is 0 Å². The third-order valence-electron chi connectivity index (χ3n) is 3.18. The number of anilines is 2. The molecule has 1 aromatic heterocycles. The molecule has 0 fully saturated rings. The largest absolute Gasteiger partial charge is 0.376 e. The van der Waals surface area contributed by atoms with Crippen molar-refractivity contribution in [2.24, 2.45) is 0 Å². The monoisotopic (exact) mass is 276 g/mol. The van der Waals surface area contributed by atoms with Crippen LogP contribution in [0.5, 0.6) is 0 Å². The van der Waals surface area contributed by atoms with E-state index < -0.39 is 0 Å². The summed E-state index contributed by atoms with van der Waals surface area (Å²) in [6.07, 6.45) is 2.11. The van der Waals surface area contributed by atoms with Crippen LogP contribution in [0.3, 0.4) is 0 Å². The minimum absolute atomic E-state index is 0.00448. The summed E-state index contributed by atoms with van der Waals surface area (Å²) in [5.41, 5.74) is 3.56. The van der Waals surface area contributed by atoms with Gasteiger partial charge in [0.1, 0.15) is 0 Å². The lowest BCUT2D eigenvalue weighted by Crippen LogP contribution is -2.07. The molecule has 1 aromatic carbocycles. The van der Waals surface area contributed by atoms with Crippen molar-refractivity contribution in [3.05, 3.63) is 40.7 Å². The molecule has 98 valence electrons. The van der Waals surface area contributed by atoms with E-state index in [4.69, 9.17) is 11.6 Å². The van der Waals surface area contributed by atoms with Crippen molar-refractivity contribution in [3.8, 4) is 0 Å². The third-order valence-corrected chi connectivity index (χ3v) is 3.49. The molecule has 0 bridgehead atoms. The molecule has 1 aliphatic heterocycles. The summed E-state index contributed by atoms with van der Waals surface area (Å²) in [6, 6.07) is 5.67. The van der Waals surface area contributed by atoms with Crippen molar-refractivity contribution in [1.29, 1.82) is 0 Å². The summed E-state index contributed by atoms with van der Waals surface area (Å²) in [5.74, 6) is 0.00448.